The number of benzene rings is 1. The van der Waals surface area contributed by atoms with E-state index in [9.17, 15) is 0 Å². The Labute approximate surface area is 125 Å². The number of rotatable bonds is 2. The maximum absolute atomic E-state index is 5.18. The third-order valence-electron chi connectivity index (χ3n) is 3.61. The van der Waals surface area contributed by atoms with Crippen molar-refractivity contribution >= 4 is 0 Å². The van der Waals surface area contributed by atoms with Crippen LogP contribution in [0.4, 0.5) is 0 Å². The molecule has 3 nitrogen and oxygen atoms in total. The minimum atomic E-state index is 0.328. The highest BCUT2D eigenvalue weighted by Crippen LogP contribution is 2.22. The molecular weight excluding hydrogens is 260 g/mol. The van der Waals surface area contributed by atoms with Gasteiger partial charge in [0.15, 0.2) is 0 Å². The summed E-state index contributed by atoms with van der Waals surface area (Å²) in [7, 11) is 1.67. The first-order valence-corrected chi connectivity index (χ1v) is 7.19. The summed E-state index contributed by atoms with van der Waals surface area (Å²) in [6.45, 7) is 1.07. The molecule has 0 radical (unpaired) electrons. The second kappa shape index (κ2) is 6.43. The van der Waals surface area contributed by atoms with Crippen LogP contribution in [0.15, 0.2) is 42.7 Å². The normalized spacial score (nSPS) is 17.1. The standard InChI is InChI=1S/C18H18N2O/c1-21-18-8-5-15(6-9-18)16-11-14(12-19-13-16)4-7-17-3-2-10-20-17/h5-6,8-9,11-13,17,20H,2-3,10H2,1H3/t17-/m0/s1. The largest absolute Gasteiger partial charge is 0.497 e. The summed E-state index contributed by atoms with van der Waals surface area (Å²) in [5.41, 5.74) is 3.15. The average Bonchev–Trinajstić information content (AvgIpc) is 3.07. The van der Waals surface area contributed by atoms with Gasteiger partial charge < -0.3 is 10.1 Å². The minimum Gasteiger partial charge on any atom is -0.497 e. The molecule has 3 rings (SSSR count). The highest BCUT2D eigenvalue weighted by atomic mass is 16.5. The van der Waals surface area contributed by atoms with Gasteiger partial charge in [-0.05, 0) is 43.1 Å². The molecule has 2 aromatic rings. The van der Waals surface area contributed by atoms with Gasteiger partial charge in [0.2, 0.25) is 0 Å². The topological polar surface area (TPSA) is 34.1 Å². The highest BCUT2D eigenvalue weighted by molar-refractivity contribution is 5.65. The number of pyridine rings is 1. The fourth-order valence-electron chi connectivity index (χ4n) is 2.43. The molecule has 1 fully saturated rings. The predicted molar refractivity (Wildman–Crippen MR) is 84.1 cm³/mol. The summed E-state index contributed by atoms with van der Waals surface area (Å²) in [5, 5.41) is 3.38. The van der Waals surface area contributed by atoms with E-state index in [1.165, 1.54) is 6.42 Å². The van der Waals surface area contributed by atoms with Crippen LogP contribution in [-0.4, -0.2) is 24.7 Å². The molecule has 0 aliphatic carbocycles. The molecule has 106 valence electrons. The van der Waals surface area contributed by atoms with Crippen LogP contribution in [-0.2, 0) is 0 Å². The van der Waals surface area contributed by atoms with Crippen molar-refractivity contribution in [2.45, 2.75) is 18.9 Å². The smallest absolute Gasteiger partial charge is 0.118 e. The fraction of sp³-hybridized carbons (Fsp3) is 0.278. The van der Waals surface area contributed by atoms with Crippen LogP contribution in [0.2, 0.25) is 0 Å². The van der Waals surface area contributed by atoms with Crippen LogP contribution in [0.5, 0.6) is 5.75 Å². The first-order chi connectivity index (χ1) is 10.3. The van der Waals surface area contributed by atoms with Crippen molar-refractivity contribution < 1.29 is 4.74 Å². The monoisotopic (exact) mass is 278 g/mol. The number of ether oxygens (including phenoxy) is 1. The van der Waals surface area contributed by atoms with Crippen LogP contribution in [0.3, 0.4) is 0 Å². The lowest BCUT2D eigenvalue weighted by atomic mass is 10.1. The summed E-state index contributed by atoms with van der Waals surface area (Å²) in [5.74, 6) is 7.35. The van der Waals surface area contributed by atoms with Crippen molar-refractivity contribution in [2.75, 3.05) is 13.7 Å². The number of hydrogen-bond donors (Lipinski definition) is 1. The minimum absolute atomic E-state index is 0.328. The van der Waals surface area contributed by atoms with Gasteiger partial charge in [-0.15, -0.1) is 0 Å². The molecule has 3 heteroatoms. The van der Waals surface area contributed by atoms with E-state index in [2.05, 4.69) is 28.2 Å². The summed E-state index contributed by atoms with van der Waals surface area (Å²) in [4.78, 5) is 4.29. The number of nitrogens with one attached hydrogen (secondary N) is 1. The van der Waals surface area contributed by atoms with Gasteiger partial charge >= 0.3 is 0 Å². The third-order valence-corrected chi connectivity index (χ3v) is 3.61. The Morgan fingerprint density at radius 1 is 1.19 bits per heavy atom. The molecule has 0 spiro atoms. The van der Waals surface area contributed by atoms with E-state index in [1.807, 2.05) is 36.7 Å². The molecule has 0 unspecified atom stereocenters. The van der Waals surface area contributed by atoms with Crippen LogP contribution in [0.1, 0.15) is 18.4 Å². The van der Waals surface area contributed by atoms with Gasteiger partial charge in [0, 0.05) is 23.5 Å². The van der Waals surface area contributed by atoms with Gasteiger partial charge in [-0.3, -0.25) is 4.98 Å². The Morgan fingerprint density at radius 3 is 2.76 bits per heavy atom. The van der Waals surface area contributed by atoms with Crippen LogP contribution >= 0.6 is 0 Å². The van der Waals surface area contributed by atoms with E-state index < -0.39 is 0 Å². The molecule has 2 heterocycles. The maximum atomic E-state index is 5.18. The number of nitrogens with zero attached hydrogens (tertiary/aromatic N) is 1. The molecule has 1 saturated heterocycles. The lowest BCUT2D eigenvalue weighted by Crippen LogP contribution is -2.18. The van der Waals surface area contributed by atoms with Crippen molar-refractivity contribution in [2.24, 2.45) is 0 Å². The average molecular weight is 278 g/mol. The second-order valence-corrected chi connectivity index (χ2v) is 5.11. The van der Waals surface area contributed by atoms with Crippen molar-refractivity contribution in [3.8, 4) is 28.7 Å². The first kappa shape index (κ1) is 13.7. The van der Waals surface area contributed by atoms with Gasteiger partial charge in [0.1, 0.15) is 5.75 Å². The van der Waals surface area contributed by atoms with Gasteiger partial charge in [-0.1, -0.05) is 24.0 Å². The Hall–Kier alpha value is -2.31. The van der Waals surface area contributed by atoms with Crippen LogP contribution in [0, 0.1) is 11.8 Å². The molecule has 1 aliphatic rings. The molecular formula is C18H18N2O. The van der Waals surface area contributed by atoms with Crippen molar-refractivity contribution in [3.05, 3.63) is 48.3 Å². The Bertz CT molecular complexity index is 662. The molecule has 1 aromatic carbocycles. The lowest BCUT2D eigenvalue weighted by molar-refractivity contribution is 0.415. The predicted octanol–water partition coefficient (Wildman–Crippen LogP) is 2.86. The molecule has 0 saturated carbocycles. The Kier molecular flexibility index (Phi) is 4.18. The highest BCUT2D eigenvalue weighted by Gasteiger charge is 2.09. The second-order valence-electron chi connectivity index (χ2n) is 5.11. The van der Waals surface area contributed by atoms with Gasteiger partial charge in [-0.25, -0.2) is 0 Å². The van der Waals surface area contributed by atoms with Crippen molar-refractivity contribution in [1.29, 1.82) is 0 Å². The summed E-state index contributed by atoms with van der Waals surface area (Å²) in [6.07, 6.45) is 6.03. The Morgan fingerprint density at radius 2 is 2.05 bits per heavy atom. The van der Waals surface area contributed by atoms with Gasteiger partial charge in [0.25, 0.3) is 0 Å². The number of aromatic nitrogens is 1. The van der Waals surface area contributed by atoms with Crippen LogP contribution in [0.25, 0.3) is 11.1 Å². The van der Waals surface area contributed by atoms with Crippen molar-refractivity contribution in [3.63, 3.8) is 0 Å². The quantitative estimate of drug-likeness (QED) is 0.858. The van der Waals surface area contributed by atoms with Gasteiger partial charge in [-0.2, -0.15) is 0 Å². The molecule has 21 heavy (non-hydrogen) atoms. The zero-order chi connectivity index (χ0) is 14.5. The van der Waals surface area contributed by atoms with E-state index in [4.69, 9.17) is 4.74 Å². The van der Waals surface area contributed by atoms with E-state index in [-0.39, 0.29) is 0 Å². The zero-order valence-electron chi connectivity index (χ0n) is 12.1. The van der Waals surface area contributed by atoms with E-state index in [0.29, 0.717) is 6.04 Å². The summed E-state index contributed by atoms with van der Waals surface area (Å²) < 4.78 is 5.18. The summed E-state index contributed by atoms with van der Waals surface area (Å²) in [6, 6.07) is 10.4. The lowest BCUT2D eigenvalue weighted by Gasteiger charge is -2.04. The zero-order valence-corrected chi connectivity index (χ0v) is 12.1. The molecule has 0 bridgehead atoms. The third kappa shape index (κ3) is 3.42. The van der Waals surface area contributed by atoms with Crippen LogP contribution < -0.4 is 10.1 Å². The molecule has 0 amide bonds. The molecule has 1 atom stereocenters. The fourth-order valence-corrected chi connectivity index (χ4v) is 2.43. The molecule has 1 aromatic heterocycles. The molecule has 1 aliphatic heterocycles. The van der Waals surface area contributed by atoms with E-state index in [1.54, 1.807) is 7.11 Å². The maximum Gasteiger partial charge on any atom is 0.118 e. The number of hydrogen-bond acceptors (Lipinski definition) is 3. The number of methoxy groups -OCH3 is 1. The Balaban J connectivity index is 1.81. The van der Waals surface area contributed by atoms with Gasteiger partial charge in [0.05, 0.1) is 13.2 Å². The summed E-state index contributed by atoms with van der Waals surface area (Å²) >= 11 is 0. The molecule has 1 N–H and O–H groups in total. The van der Waals surface area contributed by atoms with Crippen molar-refractivity contribution in [1.82, 2.24) is 10.3 Å². The first-order valence-electron chi connectivity index (χ1n) is 7.19. The SMILES string of the molecule is COc1ccc(-c2cncc(C#C[C@@H]3CCCN3)c2)cc1. The van der Waals surface area contributed by atoms with E-state index in [0.717, 1.165) is 35.4 Å². The van der Waals surface area contributed by atoms with E-state index >= 15 is 0 Å².